The van der Waals surface area contributed by atoms with Crippen molar-refractivity contribution in [2.45, 2.75) is 25.7 Å². The lowest BCUT2D eigenvalue weighted by atomic mass is 9.82. The summed E-state index contributed by atoms with van der Waals surface area (Å²) < 4.78 is 5.28. The summed E-state index contributed by atoms with van der Waals surface area (Å²) in [6.07, 6.45) is 3.83. The van der Waals surface area contributed by atoms with E-state index in [1.807, 2.05) is 0 Å². The highest BCUT2D eigenvalue weighted by Crippen LogP contribution is 2.28. The quantitative estimate of drug-likeness (QED) is 0.670. The summed E-state index contributed by atoms with van der Waals surface area (Å²) in [5.74, 6) is 1.13. The standard InChI is InChI=1S/C10H20O3/c11-5-1-9(2-6-12)10-3-7-13-8-4-10/h9-12H,1-8H2. The van der Waals surface area contributed by atoms with Gasteiger partial charge >= 0.3 is 0 Å². The van der Waals surface area contributed by atoms with E-state index >= 15 is 0 Å². The van der Waals surface area contributed by atoms with Gasteiger partial charge in [-0.1, -0.05) is 0 Å². The van der Waals surface area contributed by atoms with Gasteiger partial charge in [-0.15, -0.1) is 0 Å². The smallest absolute Gasteiger partial charge is 0.0468 e. The Morgan fingerprint density at radius 2 is 1.62 bits per heavy atom. The molecule has 0 aromatic rings. The lowest BCUT2D eigenvalue weighted by molar-refractivity contribution is 0.0357. The zero-order valence-electron chi connectivity index (χ0n) is 8.11. The molecule has 0 bridgehead atoms. The molecule has 1 saturated heterocycles. The second-order valence-electron chi connectivity index (χ2n) is 3.73. The Labute approximate surface area is 79.7 Å². The maximum Gasteiger partial charge on any atom is 0.0468 e. The van der Waals surface area contributed by atoms with Gasteiger partial charge in [0.05, 0.1) is 0 Å². The van der Waals surface area contributed by atoms with Crippen LogP contribution >= 0.6 is 0 Å². The largest absolute Gasteiger partial charge is 0.396 e. The number of aliphatic hydroxyl groups is 2. The molecule has 0 spiro atoms. The Kier molecular flexibility index (Phi) is 5.35. The maximum atomic E-state index is 8.88. The van der Waals surface area contributed by atoms with Crippen LogP contribution in [-0.4, -0.2) is 36.6 Å². The molecular formula is C10H20O3. The van der Waals surface area contributed by atoms with E-state index in [9.17, 15) is 0 Å². The van der Waals surface area contributed by atoms with Crippen molar-refractivity contribution in [3.8, 4) is 0 Å². The normalized spacial score (nSPS) is 19.6. The van der Waals surface area contributed by atoms with Gasteiger partial charge in [0, 0.05) is 26.4 Å². The molecule has 0 unspecified atom stereocenters. The van der Waals surface area contributed by atoms with Crippen LogP contribution in [0.2, 0.25) is 0 Å². The molecule has 0 radical (unpaired) electrons. The molecule has 78 valence electrons. The lowest BCUT2D eigenvalue weighted by Gasteiger charge is -2.29. The molecular weight excluding hydrogens is 168 g/mol. The van der Waals surface area contributed by atoms with E-state index in [2.05, 4.69) is 0 Å². The Bertz CT molecular complexity index is 115. The third-order valence-corrected chi connectivity index (χ3v) is 2.93. The summed E-state index contributed by atoms with van der Waals surface area (Å²) in [5.41, 5.74) is 0. The highest BCUT2D eigenvalue weighted by molar-refractivity contribution is 4.72. The first-order chi connectivity index (χ1) is 6.38. The van der Waals surface area contributed by atoms with E-state index in [0.29, 0.717) is 11.8 Å². The topological polar surface area (TPSA) is 49.7 Å². The predicted octanol–water partition coefficient (Wildman–Crippen LogP) is 0.794. The summed E-state index contributed by atoms with van der Waals surface area (Å²) in [5, 5.41) is 17.8. The summed E-state index contributed by atoms with van der Waals surface area (Å²) in [4.78, 5) is 0. The van der Waals surface area contributed by atoms with E-state index in [0.717, 1.165) is 38.9 Å². The number of ether oxygens (including phenoxy) is 1. The Hall–Kier alpha value is -0.120. The third-order valence-electron chi connectivity index (χ3n) is 2.93. The summed E-state index contributed by atoms with van der Waals surface area (Å²) >= 11 is 0. The number of rotatable bonds is 5. The van der Waals surface area contributed by atoms with Crippen molar-refractivity contribution in [3.05, 3.63) is 0 Å². The van der Waals surface area contributed by atoms with Crippen molar-refractivity contribution in [2.24, 2.45) is 11.8 Å². The minimum atomic E-state index is 0.238. The molecule has 0 aliphatic carbocycles. The van der Waals surface area contributed by atoms with Crippen LogP contribution in [0.5, 0.6) is 0 Å². The zero-order chi connectivity index (χ0) is 9.52. The first kappa shape index (κ1) is 11.0. The molecule has 0 saturated carbocycles. The van der Waals surface area contributed by atoms with Crippen LogP contribution in [0, 0.1) is 11.8 Å². The molecule has 3 nitrogen and oxygen atoms in total. The average molecular weight is 188 g/mol. The molecule has 1 rings (SSSR count). The van der Waals surface area contributed by atoms with E-state index in [1.165, 1.54) is 0 Å². The van der Waals surface area contributed by atoms with Crippen LogP contribution in [0.1, 0.15) is 25.7 Å². The van der Waals surface area contributed by atoms with Crippen molar-refractivity contribution >= 4 is 0 Å². The molecule has 0 aromatic heterocycles. The third kappa shape index (κ3) is 3.63. The van der Waals surface area contributed by atoms with Gasteiger partial charge in [-0.25, -0.2) is 0 Å². The van der Waals surface area contributed by atoms with Crippen LogP contribution in [-0.2, 0) is 4.74 Å². The van der Waals surface area contributed by atoms with E-state index in [1.54, 1.807) is 0 Å². The fraction of sp³-hybridized carbons (Fsp3) is 1.00. The van der Waals surface area contributed by atoms with Gasteiger partial charge in [0.1, 0.15) is 0 Å². The first-order valence-corrected chi connectivity index (χ1v) is 5.18. The molecule has 2 N–H and O–H groups in total. The Morgan fingerprint density at radius 3 is 2.08 bits per heavy atom. The van der Waals surface area contributed by atoms with Gasteiger partial charge in [0.25, 0.3) is 0 Å². The first-order valence-electron chi connectivity index (χ1n) is 5.18. The van der Waals surface area contributed by atoms with E-state index in [4.69, 9.17) is 14.9 Å². The highest BCUT2D eigenvalue weighted by Gasteiger charge is 2.22. The average Bonchev–Trinajstić information content (AvgIpc) is 2.19. The fourth-order valence-corrected chi connectivity index (χ4v) is 2.13. The van der Waals surface area contributed by atoms with Crippen molar-refractivity contribution < 1.29 is 14.9 Å². The predicted molar refractivity (Wildman–Crippen MR) is 50.4 cm³/mol. The molecule has 0 aromatic carbocycles. The lowest BCUT2D eigenvalue weighted by Crippen LogP contribution is -2.24. The number of hydrogen-bond acceptors (Lipinski definition) is 3. The van der Waals surface area contributed by atoms with Crippen LogP contribution in [0.25, 0.3) is 0 Å². The van der Waals surface area contributed by atoms with E-state index in [-0.39, 0.29) is 13.2 Å². The van der Waals surface area contributed by atoms with E-state index < -0.39 is 0 Å². The summed E-state index contributed by atoms with van der Waals surface area (Å²) in [6, 6.07) is 0. The van der Waals surface area contributed by atoms with Crippen LogP contribution in [0.4, 0.5) is 0 Å². The van der Waals surface area contributed by atoms with Gasteiger partial charge < -0.3 is 14.9 Å². The monoisotopic (exact) mass is 188 g/mol. The fourth-order valence-electron chi connectivity index (χ4n) is 2.13. The minimum Gasteiger partial charge on any atom is -0.396 e. The number of aliphatic hydroxyl groups excluding tert-OH is 2. The van der Waals surface area contributed by atoms with Gasteiger partial charge in [0.2, 0.25) is 0 Å². The second-order valence-corrected chi connectivity index (χ2v) is 3.73. The molecule has 1 heterocycles. The van der Waals surface area contributed by atoms with Crippen LogP contribution in [0.15, 0.2) is 0 Å². The van der Waals surface area contributed by atoms with Gasteiger partial charge in [-0.2, -0.15) is 0 Å². The molecule has 0 amide bonds. The van der Waals surface area contributed by atoms with Crippen molar-refractivity contribution in [1.29, 1.82) is 0 Å². The zero-order valence-corrected chi connectivity index (χ0v) is 8.11. The maximum absolute atomic E-state index is 8.88. The van der Waals surface area contributed by atoms with Crippen molar-refractivity contribution in [1.82, 2.24) is 0 Å². The molecule has 13 heavy (non-hydrogen) atoms. The molecule has 1 aliphatic heterocycles. The molecule has 0 atom stereocenters. The van der Waals surface area contributed by atoms with Crippen molar-refractivity contribution in [2.75, 3.05) is 26.4 Å². The molecule has 1 fully saturated rings. The summed E-state index contributed by atoms with van der Waals surface area (Å²) in [6.45, 7) is 2.17. The molecule has 1 aliphatic rings. The minimum absolute atomic E-state index is 0.238. The van der Waals surface area contributed by atoms with Crippen LogP contribution in [0.3, 0.4) is 0 Å². The van der Waals surface area contributed by atoms with Crippen molar-refractivity contribution in [3.63, 3.8) is 0 Å². The Balaban J connectivity index is 2.32. The van der Waals surface area contributed by atoms with Crippen LogP contribution < -0.4 is 0 Å². The Morgan fingerprint density at radius 1 is 1.08 bits per heavy atom. The van der Waals surface area contributed by atoms with Gasteiger partial charge in [-0.3, -0.25) is 0 Å². The SMILES string of the molecule is OCCC(CCO)C1CCOCC1. The second kappa shape index (κ2) is 6.35. The number of hydrogen-bond donors (Lipinski definition) is 2. The van der Waals surface area contributed by atoms with Gasteiger partial charge in [-0.05, 0) is 37.5 Å². The molecule has 3 heteroatoms. The summed E-state index contributed by atoms with van der Waals surface area (Å²) in [7, 11) is 0. The highest BCUT2D eigenvalue weighted by atomic mass is 16.5. The van der Waals surface area contributed by atoms with Gasteiger partial charge in [0.15, 0.2) is 0 Å².